The van der Waals surface area contributed by atoms with Gasteiger partial charge in [-0.25, -0.2) is 0 Å². The Morgan fingerprint density at radius 2 is 2.07 bits per heavy atom. The quantitative estimate of drug-likeness (QED) is 0.457. The van der Waals surface area contributed by atoms with Gasteiger partial charge in [-0.15, -0.1) is 23.4 Å². The lowest BCUT2D eigenvalue weighted by molar-refractivity contribution is 0.712. The number of hydrogen-bond donors (Lipinski definition) is 1. The van der Waals surface area contributed by atoms with E-state index < -0.39 is 0 Å². The van der Waals surface area contributed by atoms with Crippen LogP contribution in [0, 0.1) is 0 Å². The molecule has 0 heterocycles. The highest BCUT2D eigenvalue weighted by molar-refractivity contribution is 7.99. The average Bonchev–Trinajstić information content (AvgIpc) is 2.18. The summed E-state index contributed by atoms with van der Waals surface area (Å²) in [7, 11) is 0. The third-order valence-corrected chi connectivity index (χ3v) is 2.88. The van der Waals surface area contributed by atoms with Gasteiger partial charge < -0.3 is 5.32 Å². The minimum atomic E-state index is 0.219. The predicted octanol–water partition coefficient (Wildman–Crippen LogP) is 3.00. The van der Waals surface area contributed by atoms with Crippen LogP contribution in [0.5, 0.6) is 0 Å². The first-order valence-electron chi connectivity index (χ1n) is 4.81. The minimum absolute atomic E-state index is 0.219. The molecule has 0 aliphatic carbocycles. The zero-order valence-electron chi connectivity index (χ0n) is 8.37. The van der Waals surface area contributed by atoms with Gasteiger partial charge in [0.05, 0.1) is 0 Å². The summed E-state index contributed by atoms with van der Waals surface area (Å²) in [6, 6.07) is 10.4. The molecule has 0 aliphatic heterocycles. The fourth-order valence-corrected chi connectivity index (χ4v) is 2.00. The van der Waals surface area contributed by atoms with Gasteiger partial charge in [0.15, 0.2) is 0 Å². The summed E-state index contributed by atoms with van der Waals surface area (Å²) in [6.45, 7) is 3.90. The molecule has 78 valence electrons. The Hall–Kier alpha value is -0.180. The molecule has 1 unspecified atom stereocenters. The van der Waals surface area contributed by atoms with Crippen molar-refractivity contribution in [2.75, 3.05) is 18.8 Å². The number of thioether (sulfide) groups is 1. The fraction of sp³-hybridized carbons (Fsp3) is 0.455. The van der Waals surface area contributed by atoms with E-state index >= 15 is 0 Å². The smallest absolute Gasteiger partial charge is 0.0432 e. The van der Waals surface area contributed by atoms with E-state index in [2.05, 4.69) is 29.6 Å². The van der Waals surface area contributed by atoms with Crippen molar-refractivity contribution in [2.24, 2.45) is 0 Å². The summed E-state index contributed by atoms with van der Waals surface area (Å²) in [5, 5.41) is 3.52. The second kappa shape index (κ2) is 7.16. The van der Waals surface area contributed by atoms with Crippen LogP contribution in [-0.4, -0.2) is 24.2 Å². The van der Waals surface area contributed by atoms with E-state index in [0.29, 0.717) is 0 Å². The van der Waals surface area contributed by atoms with Crippen molar-refractivity contribution < 1.29 is 0 Å². The summed E-state index contributed by atoms with van der Waals surface area (Å²) in [6.07, 6.45) is 0. The second-order valence-corrected chi connectivity index (χ2v) is 5.06. The lowest BCUT2D eigenvalue weighted by atomic mass is 10.4. The predicted molar refractivity (Wildman–Crippen MR) is 65.4 cm³/mol. The molecule has 1 aromatic carbocycles. The molecule has 0 saturated carbocycles. The molecule has 0 bridgehead atoms. The lowest BCUT2D eigenvalue weighted by Gasteiger charge is -2.05. The Morgan fingerprint density at radius 1 is 1.36 bits per heavy atom. The zero-order valence-corrected chi connectivity index (χ0v) is 9.94. The summed E-state index contributed by atoms with van der Waals surface area (Å²) in [5.74, 6) is 1.09. The molecule has 1 N–H and O–H groups in total. The Balaban J connectivity index is 2.05. The fourth-order valence-electron chi connectivity index (χ4n) is 1.06. The monoisotopic (exact) mass is 229 g/mol. The number of hydrogen-bond acceptors (Lipinski definition) is 2. The molecule has 1 atom stereocenters. The van der Waals surface area contributed by atoms with Gasteiger partial charge in [-0.3, -0.25) is 0 Å². The molecular formula is C11H16ClNS. The van der Waals surface area contributed by atoms with E-state index in [-0.39, 0.29) is 5.38 Å². The summed E-state index contributed by atoms with van der Waals surface area (Å²) < 4.78 is 0. The van der Waals surface area contributed by atoms with Crippen LogP contribution < -0.4 is 5.32 Å². The van der Waals surface area contributed by atoms with Gasteiger partial charge in [-0.1, -0.05) is 18.2 Å². The van der Waals surface area contributed by atoms with Gasteiger partial charge in [0.1, 0.15) is 0 Å². The highest BCUT2D eigenvalue weighted by Gasteiger charge is 1.95. The first kappa shape index (κ1) is 11.9. The molecular weight excluding hydrogens is 214 g/mol. The summed E-state index contributed by atoms with van der Waals surface area (Å²) >= 11 is 7.67. The molecule has 0 saturated heterocycles. The maximum atomic E-state index is 5.80. The van der Waals surface area contributed by atoms with Crippen LogP contribution in [0.2, 0.25) is 0 Å². The standard InChI is InChI=1S/C11H16ClNS/c1-10(12)9-13-7-8-14-11-5-3-2-4-6-11/h2-6,10,13H,7-9H2,1H3. The van der Waals surface area contributed by atoms with Crippen molar-refractivity contribution in [3.63, 3.8) is 0 Å². The molecule has 0 fully saturated rings. The van der Waals surface area contributed by atoms with Crippen LogP contribution in [0.3, 0.4) is 0 Å². The van der Waals surface area contributed by atoms with Crippen molar-refractivity contribution in [3.8, 4) is 0 Å². The maximum Gasteiger partial charge on any atom is 0.0432 e. The molecule has 0 aliphatic rings. The van der Waals surface area contributed by atoms with E-state index in [1.165, 1.54) is 4.90 Å². The van der Waals surface area contributed by atoms with Crippen LogP contribution in [0.25, 0.3) is 0 Å². The topological polar surface area (TPSA) is 12.0 Å². The third-order valence-electron chi connectivity index (χ3n) is 1.72. The van der Waals surface area contributed by atoms with Crippen molar-refractivity contribution in [3.05, 3.63) is 30.3 Å². The summed E-state index contributed by atoms with van der Waals surface area (Å²) in [4.78, 5) is 1.33. The minimum Gasteiger partial charge on any atom is -0.314 e. The normalized spacial score (nSPS) is 12.7. The third kappa shape index (κ3) is 5.53. The van der Waals surface area contributed by atoms with Gasteiger partial charge in [0, 0.05) is 29.1 Å². The van der Waals surface area contributed by atoms with Crippen LogP contribution in [0.15, 0.2) is 35.2 Å². The number of halogens is 1. The van der Waals surface area contributed by atoms with Crippen LogP contribution in [-0.2, 0) is 0 Å². The van der Waals surface area contributed by atoms with E-state index in [1.54, 1.807) is 0 Å². The SMILES string of the molecule is CC(Cl)CNCCSc1ccccc1. The molecule has 0 aromatic heterocycles. The number of nitrogens with one attached hydrogen (secondary N) is 1. The van der Waals surface area contributed by atoms with E-state index in [4.69, 9.17) is 11.6 Å². The van der Waals surface area contributed by atoms with Crippen LogP contribution in [0.1, 0.15) is 6.92 Å². The van der Waals surface area contributed by atoms with Gasteiger partial charge >= 0.3 is 0 Å². The molecule has 14 heavy (non-hydrogen) atoms. The number of rotatable bonds is 6. The molecule has 0 spiro atoms. The number of benzene rings is 1. The molecule has 0 amide bonds. The van der Waals surface area contributed by atoms with Gasteiger partial charge in [0.2, 0.25) is 0 Å². The average molecular weight is 230 g/mol. The zero-order chi connectivity index (χ0) is 10.2. The van der Waals surface area contributed by atoms with Crippen LogP contribution >= 0.6 is 23.4 Å². The van der Waals surface area contributed by atoms with E-state index in [1.807, 2.05) is 24.8 Å². The largest absolute Gasteiger partial charge is 0.314 e. The van der Waals surface area contributed by atoms with Crippen molar-refractivity contribution in [1.29, 1.82) is 0 Å². The van der Waals surface area contributed by atoms with Crippen molar-refractivity contribution in [1.82, 2.24) is 5.32 Å². The van der Waals surface area contributed by atoms with Gasteiger partial charge in [0.25, 0.3) is 0 Å². The molecule has 0 radical (unpaired) electrons. The second-order valence-electron chi connectivity index (χ2n) is 3.15. The summed E-state index contributed by atoms with van der Waals surface area (Å²) in [5.41, 5.74) is 0. The lowest BCUT2D eigenvalue weighted by Crippen LogP contribution is -2.23. The molecule has 1 aromatic rings. The Kier molecular flexibility index (Phi) is 6.08. The molecule has 1 rings (SSSR count). The first-order valence-corrected chi connectivity index (χ1v) is 6.24. The van der Waals surface area contributed by atoms with Crippen LogP contribution in [0.4, 0.5) is 0 Å². The highest BCUT2D eigenvalue weighted by Crippen LogP contribution is 2.15. The Labute approximate surface area is 95.2 Å². The van der Waals surface area contributed by atoms with Gasteiger partial charge in [-0.05, 0) is 19.1 Å². The Morgan fingerprint density at radius 3 is 2.71 bits per heavy atom. The molecule has 1 nitrogen and oxygen atoms in total. The van der Waals surface area contributed by atoms with E-state index in [0.717, 1.165) is 18.8 Å². The van der Waals surface area contributed by atoms with Crippen molar-refractivity contribution in [2.45, 2.75) is 17.2 Å². The van der Waals surface area contributed by atoms with Gasteiger partial charge in [-0.2, -0.15) is 0 Å². The van der Waals surface area contributed by atoms with E-state index in [9.17, 15) is 0 Å². The number of alkyl halides is 1. The first-order chi connectivity index (χ1) is 6.79. The Bertz CT molecular complexity index is 238. The van der Waals surface area contributed by atoms with Crippen molar-refractivity contribution >= 4 is 23.4 Å². The molecule has 3 heteroatoms. The maximum absolute atomic E-state index is 5.80. The highest BCUT2D eigenvalue weighted by atomic mass is 35.5.